The van der Waals surface area contributed by atoms with Crippen molar-refractivity contribution < 1.29 is 13.6 Å². The van der Waals surface area contributed by atoms with Crippen molar-refractivity contribution in [2.24, 2.45) is 0 Å². The number of hydrogen-bond acceptors (Lipinski definition) is 7. The smallest absolute Gasteiger partial charge is 0.303 e. The van der Waals surface area contributed by atoms with Gasteiger partial charge in [-0.1, -0.05) is 0 Å². The van der Waals surface area contributed by atoms with Crippen LogP contribution in [0.4, 0.5) is 26.1 Å². The number of anilines is 3. The van der Waals surface area contributed by atoms with Crippen LogP contribution in [-0.4, -0.2) is 25.2 Å². The molecule has 7 nitrogen and oxygen atoms in total. The fourth-order valence-electron chi connectivity index (χ4n) is 2.33. The molecule has 0 aliphatic rings. The summed E-state index contributed by atoms with van der Waals surface area (Å²) < 4.78 is 31.6. The molecule has 3 aromatic rings. The van der Waals surface area contributed by atoms with Gasteiger partial charge in [0.05, 0.1) is 11.4 Å². The van der Waals surface area contributed by atoms with E-state index in [1.54, 1.807) is 25.3 Å². The Bertz CT molecular complexity index is 972. The lowest BCUT2D eigenvalue weighted by molar-refractivity contribution is -0.114. The Balaban J connectivity index is 2.04. The van der Waals surface area contributed by atoms with Gasteiger partial charge in [0.2, 0.25) is 11.7 Å². The first-order valence-corrected chi connectivity index (χ1v) is 8.75. The van der Waals surface area contributed by atoms with Crippen molar-refractivity contribution >= 4 is 34.8 Å². The van der Waals surface area contributed by atoms with Gasteiger partial charge in [-0.15, -0.1) is 0 Å². The number of carbonyl (C=O) groups excluding carboxylic acids is 1. The van der Waals surface area contributed by atoms with Gasteiger partial charge in [0.25, 0.3) is 0 Å². The molecule has 0 radical (unpaired) electrons. The number of aromatic nitrogens is 4. The molecular weight excluding hydrogens is 374 g/mol. The number of rotatable bonds is 5. The van der Waals surface area contributed by atoms with Gasteiger partial charge >= 0.3 is 5.92 Å². The highest BCUT2D eigenvalue weighted by Crippen LogP contribution is 2.32. The Morgan fingerprint density at radius 3 is 2.63 bits per heavy atom. The fraction of sp³-hybridized carbons (Fsp3) is 0.235. The highest BCUT2D eigenvalue weighted by molar-refractivity contribution is 7.03. The Hall–Kier alpha value is -3.01. The van der Waals surface area contributed by atoms with E-state index in [0.29, 0.717) is 28.5 Å². The van der Waals surface area contributed by atoms with E-state index in [4.69, 9.17) is 0 Å². The Labute approximate surface area is 158 Å². The summed E-state index contributed by atoms with van der Waals surface area (Å²) in [7, 11) is 0. The first-order valence-electron chi connectivity index (χ1n) is 7.92. The number of aryl methyl sites for hydroxylation is 1. The molecule has 0 spiro atoms. The van der Waals surface area contributed by atoms with Gasteiger partial charge in [0.1, 0.15) is 11.6 Å². The number of pyridine rings is 1. The summed E-state index contributed by atoms with van der Waals surface area (Å²) >= 11 is 1.27. The van der Waals surface area contributed by atoms with Gasteiger partial charge in [0, 0.05) is 48.8 Å². The van der Waals surface area contributed by atoms with Gasteiger partial charge in [-0.2, -0.15) is 13.2 Å². The van der Waals surface area contributed by atoms with Crippen molar-refractivity contribution in [1.29, 1.82) is 0 Å². The maximum absolute atomic E-state index is 13.6. The summed E-state index contributed by atoms with van der Waals surface area (Å²) in [6.07, 6.45) is 1.55. The van der Waals surface area contributed by atoms with Crippen LogP contribution in [0.3, 0.4) is 0 Å². The van der Waals surface area contributed by atoms with Crippen molar-refractivity contribution in [3.05, 3.63) is 41.3 Å². The predicted molar refractivity (Wildman–Crippen MR) is 99.3 cm³/mol. The Morgan fingerprint density at radius 1 is 1.22 bits per heavy atom. The van der Waals surface area contributed by atoms with Crippen LogP contribution in [0, 0.1) is 6.92 Å². The zero-order valence-electron chi connectivity index (χ0n) is 14.7. The summed E-state index contributed by atoms with van der Waals surface area (Å²) in [6, 6.07) is 4.96. The largest absolute Gasteiger partial charge is 0.339 e. The van der Waals surface area contributed by atoms with Gasteiger partial charge in [-0.25, -0.2) is 15.0 Å². The van der Waals surface area contributed by atoms with Crippen molar-refractivity contribution in [3.63, 3.8) is 0 Å². The van der Waals surface area contributed by atoms with Crippen LogP contribution in [-0.2, 0) is 10.7 Å². The second kappa shape index (κ2) is 7.31. The molecule has 1 amide bonds. The normalized spacial score (nSPS) is 11.3. The standard InChI is InChI=1S/C17H16F2N6OS/c1-9-6-15(24-16(21-9)17(3,18)19)23-13-7-14(22-10(2)26)20-8-11(13)12-4-5-27-25-12/h4-8H,1-3H3,(H2,20,21,22,23,24,26). The molecule has 0 saturated heterocycles. The van der Waals surface area contributed by atoms with E-state index in [9.17, 15) is 13.6 Å². The third-order valence-electron chi connectivity index (χ3n) is 3.43. The number of hydrogen-bond donors (Lipinski definition) is 2. The molecule has 0 bridgehead atoms. The van der Waals surface area contributed by atoms with Crippen LogP contribution in [0.5, 0.6) is 0 Å². The molecule has 0 aliphatic heterocycles. The average Bonchev–Trinajstić information content (AvgIpc) is 3.07. The quantitative estimate of drug-likeness (QED) is 0.681. The van der Waals surface area contributed by atoms with Crippen molar-refractivity contribution in [2.75, 3.05) is 10.6 Å². The third kappa shape index (κ3) is 4.59. The average molecular weight is 390 g/mol. The number of nitrogens with zero attached hydrogens (tertiary/aromatic N) is 4. The van der Waals surface area contributed by atoms with E-state index in [1.807, 2.05) is 11.4 Å². The van der Waals surface area contributed by atoms with Crippen LogP contribution in [0.2, 0.25) is 0 Å². The highest BCUT2D eigenvalue weighted by atomic mass is 32.1. The Morgan fingerprint density at radius 2 is 2.00 bits per heavy atom. The molecule has 0 aromatic carbocycles. The minimum atomic E-state index is -3.17. The highest BCUT2D eigenvalue weighted by Gasteiger charge is 2.29. The molecule has 3 aromatic heterocycles. The number of halogens is 2. The first-order chi connectivity index (χ1) is 12.7. The van der Waals surface area contributed by atoms with Crippen LogP contribution in [0.25, 0.3) is 11.3 Å². The maximum Gasteiger partial charge on any atom is 0.303 e. The monoisotopic (exact) mass is 390 g/mol. The molecule has 3 rings (SSSR count). The van der Waals surface area contributed by atoms with Crippen molar-refractivity contribution in [3.8, 4) is 11.3 Å². The van der Waals surface area contributed by atoms with E-state index in [0.717, 1.165) is 6.92 Å². The van der Waals surface area contributed by atoms with Crippen LogP contribution >= 0.6 is 11.5 Å². The number of carbonyl (C=O) groups is 1. The lowest BCUT2D eigenvalue weighted by Crippen LogP contribution is -2.14. The van der Waals surface area contributed by atoms with E-state index in [-0.39, 0.29) is 11.7 Å². The molecule has 2 N–H and O–H groups in total. The third-order valence-corrected chi connectivity index (χ3v) is 3.99. The Kier molecular flexibility index (Phi) is 5.08. The molecular formula is C17H16F2N6OS. The molecule has 0 aliphatic carbocycles. The van der Waals surface area contributed by atoms with Gasteiger partial charge in [0.15, 0.2) is 0 Å². The van der Waals surface area contributed by atoms with Crippen molar-refractivity contribution in [2.45, 2.75) is 26.7 Å². The maximum atomic E-state index is 13.6. The summed E-state index contributed by atoms with van der Waals surface area (Å²) in [5, 5.41) is 7.42. The summed E-state index contributed by atoms with van der Waals surface area (Å²) in [6.45, 7) is 3.72. The zero-order chi connectivity index (χ0) is 19.6. The number of nitrogens with one attached hydrogen (secondary N) is 2. The molecule has 27 heavy (non-hydrogen) atoms. The molecule has 3 heterocycles. The zero-order valence-corrected chi connectivity index (χ0v) is 15.6. The number of amides is 1. The van der Waals surface area contributed by atoms with Gasteiger partial charge in [-0.3, -0.25) is 4.79 Å². The van der Waals surface area contributed by atoms with Gasteiger partial charge < -0.3 is 10.6 Å². The molecule has 10 heteroatoms. The van der Waals surface area contributed by atoms with E-state index in [2.05, 4.69) is 30.0 Å². The lowest BCUT2D eigenvalue weighted by Gasteiger charge is -2.15. The van der Waals surface area contributed by atoms with E-state index >= 15 is 0 Å². The summed E-state index contributed by atoms with van der Waals surface area (Å²) in [4.78, 5) is 23.2. The summed E-state index contributed by atoms with van der Waals surface area (Å²) in [5.74, 6) is -3.50. The van der Waals surface area contributed by atoms with Crippen LogP contribution in [0.1, 0.15) is 25.4 Å². The minimum absolute atomic E-state index is 0.204. The molecule has 0 atom stereocenters. The molecule has 0 unspecified atom stereocenters. The number of alkyl halides is 2. The lowest BCUT2D eigenvalue weighted by atomic mass is 10.1. The second-order valence-electron chi connectivity index (χ2n) is 5.91. The van der Waals surface area contributed by atoms with E-state index < -0.39 is 11.7 Å². The minimum Gasteiger partial charge on any atom is -0.339 e. The van der Waals surface area contributed by atoms with Crippen LogP contribution in [0.15, 0.2) is 29.8 Å². The van der Waals surface area contributed by atoms with E-state index in [1.165, 1.54) is 18.5 Å². The first kappa shape index (κ1) is 18.8. The van der Waals surface area contributed by atoms with Crippen LogP contribution < -0.4 is 10.6 Å². The second-order valence-corrected chi connectivity index (χ2v) is 6.58. The van der Waals surface area contributed by atoms with Crippen molar-refractivity contribution in [1.82, 2.24) is 19.3 Å². The fourth-order valence-corrected chi connectivity index (χ4v) is 2.85. The summed E-state index contributed by atoms with van der Waals surface area (Å²) in [5.41, 5.74) is 2.22. The molecule has 0 fully saturated rings. The molecule has 0 saturated carbocycles. The topological polar surface area (TPSA) is 92.7 Å². The predicted octanol–water partition coefficient (Wildman–Crippen LogP) is 4.12. The van der Waals surface area contributed by atoms with Gasteiger partial charge in [-0.05, 0) is 24.5 Å². The molecule has 140 valence electrons. The SMILES string of the molecule is CC(=O)Nc1cc(Nc2cc(C)nc(C(C)(F)F)n2)c(-c2ccsn2)cn1.